The van der Waals surface area contributed by atoms with E-state index >= 15 is 0 Å². The number of halogens is 2. The van der Waals surface area contributed by atoms with Crippen molar-refractivity contribution in [3.63, 3.8) is 0 Å². The van der Waals surface area contributed by atoms with Crippen LogP contribution in [0.15, 0.2) is 33.8 Å². The third-order valence-electron chi connectivity index (χ3n) is 4.59. The van der Waals surface area contributed by atoms with Crippen LogP contribution in [-0.2, 0) is 13.1 Å². The maximum absolute atomic E-state index is 14.1. The molecule has 0 unspecified atom stereocenters. The first-order valence-corrected chi connectivity index (χ1v) is 9.34. The minimum Gasteiger partial charge on any atom is -0.375 e. The molecule has 6 nitrogen and oxygen atoms in total. The van der Waals surface area contributed by atoms with Gasteiger partial charge in [0.15, 0.2) is 11.7 Å². The van der Waals surface area contributed by atoms with Crippen molar-refractivity contribution >= 4 is 35.6 Å². The van der Waals surface area contributed by atoms with E-state index in [0.717, 1.165) is 29.9 Å². The number of benzene rings is 1. The zero-order valence-electron chi connectivity index (χ0n) is 17.3. The molecule has 0 fully saturated rings. The van der Waals surface area contributed by atoms with Crippen molar-refractivity contribution in [3.05, 3.63) is 47.1 Å². The highest BCUT2D eigenvalue weighted by molar-refractivity contribution is 14.0. The topological polar surface area (TPSA) is 65.7 Å². The summed E-state index contributed by atoms with van der Waals surface area (Å²) in [5.41, 5.74) is 2.41. The van der Waals surface area contributed by atoms with E-state index in [9.17, 15) is 4.39 Å². The first-order chi connectivity index (χ1) is 13.0. The van der Waals surface area contributed by atoms with Crippen LogP contribution in [0.4, 0.5) is 10.1 Å². The molecule has 0 amide bonds. The van der Waals surface area contributed by atoms with Crippen LogP contribution in [0.3, 0.4) is 0 Å². The monoisotopic (exact) mass is 503 g/mol. The third-order valence-corrected chi connectivity index (χ3v) is 4.59. The van der Waals surface area contributed by atoms with Gasteiger partial charge in [-0.3, -0.25) is 4.99 Å². The Morgan fingerprint density at radius 3 is 2.43 bits per heavy atom. The van der Waals surface area contributed by atoms with Crippen LogP contribution in [0, 0.1) is 5.82 Å². The Hall–Kier alpha value is -1.84. The van der Waals surface area contributed by atoms with Crippen molar-refractivity contribution in [2.45, 2.75) is 45.7 Å². The molecule has 1 aromatic carbocycles. The van der Waals surface area contributed by atoms with Crippen LogP contribution in [0.2, 0.25) is 0 Å². The molecule has 0 aliphatic carbocycles. The van der Waals surface area contributed by atoms with E-state index in [1.165, 1.54) is 6.07 Å². The fourth-order valence-electron chi connectivity index (χ4n) is 2.91. The number of nitrogens with zero attached hydrogens (tertiary/aromatic N) is 3. The van der Waals surface area contributed by atoms with E-state index in [1.54, 1.807) is 18.0 Å². The molecule has 2 N–H and O–H groups in total. The maximum atomic E-state index is 14.1. The second kappa shape index (κ2) is 11.9. The molecule has 0 aliphatic rings. The lowest BCUT2D eigenvalue weighted by molar-refractivity contribution is 0.368. The number of aromatic nitrogens is 1. The minimum absolute atomic E-state index is 0. The van der Waals surface area contributed by atoms with Gasteiger partial charge < -0.3 is 20.1 Å². The van der Waals surface area contributed by atoms with Gasteiger partial charge in [-0.25, -0.2) is 4.39 Å². The molecule has 0 bridgehead atoms. The highest BCUT2D eigenvalue weighted by Crippen LogP contribution is 2.22. The number of hydrogen-bond donors (Lipinski definition) is 2. The molecule has 0 aliphatic heterocycles. The van der Waals surface area contributed by atoms with Gasteiger partial charge in [-0.15, -0.1) is 24.0 Å². The Morgan fingerprint density at radius 2 is 1.86 bits per heavy atom. The molecule has 1 aromatic heterocycles. The zero-order chi connectivity index (χ0) is 19.8. The highest BCUT2D eigenvalue weighted by atomic mass is 127. The van der Waals surface area contributed by atoms with E-state index in [2.05, 4.69) is 34.6 Å². The van der Waals surface area contributed by atoms with Crippen molar-refractivity contribution in [2.75, 3.05) is 26.0 Å². The van der Waals surface area contributed by atoms with Gasteiger partial charge in [-0.05, 0) is 30.5 Å². The predicted molar refractivity (Wildman–Crippen MR) is 123 cm³/mol. The second-order valence-corrected chi connectivity index (χ2v) is 6.69. The predicted octanol–water partition coefficient (Wildman–Crippen LogP) is 4.27. The van der Waals surface area contributed by atoms with Gasteiger partial charge in [-0.2, -0.15) is 0 Å². The normalized spacial score (nSPS) is 11.3. The van der Waals surface area contributed by atoms with Gasteiger partial charge in [-0.1, -0.05) is 25.1 Å². The van der Waals surface area contributed by atoms with Crippen LogP contribution in [0.1, 0.15) is 49.6 Å². The van der Waals surface area contributed by atoms with E-state index in [1.807, 2.05) is 26.2 Å². The van der Waals surface area contributed by atoms with Crippen LogP contribution >= 0.6 is 24.0 Å². The number of nitrogens with one attached hydrogen (secondary N) is 2. The van der Waals surface area contributed by atoms with Gasteiger partial charge in [0.25, 0.3) is 0 Å². The summed E-state index contributed by atoms with van der Waals surface area (Å²) >= 11 is 0. The Morgan fingerprint density at radius 1 is 1.18 bits per heavy atom. The second-order valence-electron chi connectivity index (χ2n) is 6.69. The highest BCUT2D eigenvalue weighted by Gasteiger charge is 2.13. The minimum atomic E-state index is -0.238. The third kappa shape index (κ3) is 6.65. The van der Waals surface area contributed by atoms with Crippen LogP contribution < -0.4 is 15.5 Å². The van der Waals surface area contributed by atoms with Crippen molar-refractivity contribution in [3.8, 4) is 0 Å². The molecule has 0 saturated carbocycles. The molecule has 0 radical (unpaired) electrons. The standard InChI is InChI=1S/C20H30FN5O.HI/c1-6-15(7-2)18-11-16(27-25-18)13-24-20(22-3)23-12-14-8-9-19(26(4)5)17(21)10-14;/h8-11,15H,6-7,12-13H2,1-5H3,(H2,22,23,24);1H. The zero-order valence-corrected chi connectivity index (χ0v) is 19.6. The van der Waals surface area contributed by atoms with Gasteiger partial charge >= 0.3 is 0 Å². The summed E-state index contributed by atoms with van der Waals surface area (Å²) in [6, 6.07) is 7.20. The Labute approximate surface area is 184 Å². The van der Waals surface area contributed by atoms with Gasteiger partial charge in [0.05, 0.1) is 17.9 Å². The Kier molecular flexibility index (Phi) is 10.3. The average Bonchev–Trinajstić information content (AvgIpc) is 3.11. The van der Waals surface area contributed by atoms with Crippen molar-refractivity contribution in [2.24, 2.45) is 4.99 Å². The number of aliphatic imine (C=N–C) groups is 1. The van der Waals surface area contributed by atoms with Crippen molar-refractivity contribution in [1.82, 2.24) is 15.8 Å². The van der Waals surface area contributed by atoms with Crippen molar-refractivity contribution < 1.29 is 8.91 Å². The first-order valence-electron chi connectivity index (χ1n) is 9.34. The molecule has 28 heavy (non-hydrogen) atoms. The number of hydrogen-bond acceptors (Lipinski definition) is 4. The Bertz CT molecular complexity index is 759. The molecule has 2 aromatic rings. The smallest absolute Gasteiger partial charge is 0.191 e. The molecule has 156 valence electrons. The quantitative estimate of drug-likeness (QED) is 0.320. The summed E-state index contributed by atoms with van der Waals surface area (Å²) in [7, 11) is 5.33. The van der Waals surface area contributed by atoms with Gasteiger partial charge in [0.2, 0.25) is 0 Å². The van der Waals surface area contributed by atoms with Crippen LogP contribution in [-0.4, -0.2) is 32.3 Å². The van der Waals surface area contributed by atoms with Crippen LogP contribution in [0.5, 0.6) is 0 Å². The average molecular weight is 503 g/mol. The summed E-state index contributed by atoms with van der Waals surface area (Å²) in [6.45, 7) is 5.27. The lowest BCUT2D eigenvalue weighted by atomic mass is 9.99. The number of rotatable bonds is 8. The fraction of sp³-hybridized carbons (Fsp3) is 0.500. The van der Waals surface area contributed by atoms with Crippen LogP contribution in [0.25, 0.3) is 0 Å². The molecule has 0 atom stereocenters. The summed E-state index contributed by atoms with van der Waals surface area (Å²) in [5, 5.41) is 10.5. The summed E-state index contributed by atoms with van der Waals surface area (Å²) in [5.74, 6) is 1.58. The molecular formula is C20H31FIN5O. The number of anilines is 1. The van der Waals surface area contributed by atoms with Crippen molar-refractivity contribution in [1.29, 1.82) is 0 Å². The van der Waals surface area contributed by atoms with E-state index in [4.69, 9.17) is 4.52 Å². The first kappa shape index (κ1) is 24.2. The Balaban J connectivity index is 0.00000392. The largest absolute Gasteiger partial charge is 0.375 e. The van der Waals surface area contributed by atoms with E-state index < -0.39 is 0 Å². The molecular weight excluding hydrogens is 472 g/mol. The molecule has 1 heterocycles. The summed E-state index contributed by atoms with van der Waals surface area (Å²) in [4.78, 5) is 5.94. The SMILES string of the molecule is CCC(CC)c1cc(CNC(=NC)NCc2ccc(N(C)C)c(F)c2)on1.I. The lowest BCUT2D eigenvalue weighted by Crippen LogP contribution is -2.36. The number of guanidine groups is 1. The molecule has 2 rings (SSSR count). The molecule has 0 spiro atoms. The van der Waals surface area contributed by atoms with E-state index in [-0.39, 0.29) is 29.8 Å². The maximum Gasteiger partial charge on any atom is 0.191 e. The lowest BCUT2D eigenvalue weighted by Gasteiger charge is -2.15. The summed E-state index contributed by atoms with van der Waals surface area (Å²) in [6.07, 6.45) is 2.09. The summed E-state index contributed by atoms with van der Waals surface area (Å²) < 4.78 is 19.5. The van der Waals surface area contributed by atoms with Gasteiger partial charge in [0.1, 0.15) is 5.82 Å². The van der Waals surface area contributed by atoms with E-state index in [0.29, 0.717) is 30.7 Å². The molecule has 8 heteroatoms. The van der Waals surface area contributed by atoms with Gasteiger partial charge in [0, 0.05) is 39.7 Å². The fourth-order valence-corrected chi connectivity index (χ4v) is 2.91. The molecule has 0 saturated heterocycles.